The first-order valence-electron chi connectivity index (χ1n) is 9.99. The van der Waals surface area contributed by atoms with E-state index in [0.717, 1.165) is 12.1 Å². The molecule has 1 aromatic heterocycles. The molecule has 4 N–H and O–H groups in total. The van der Waals surface area contributed by atoms with Crippen LogP contribution in [0, 0.1) is 0 Å². The van der Waals surface area contributed by atoms with Crippen molar-refractivity contribution in [1.82, 2.24) is 15.8 Å². The van der Waals surface area contributed by atoms with Crippen LogP contribution >= 0.6 is 15.9 Å². The van der Waals surface area contributed by atoms with Crippen LogP contribution in [0.25, 0.3) is 0 Å². The van der Waals surface area contributed by atoms with Crippen LogP contribution in [0.15, 0.2) is 71.5 Å². The number of carbonyl (C=O) groups excluding carboxylic acids is 3. The summed E-state index contributed by atoms with van der Waals surface area (Å²) in [5.41, 5.74) is 1.65. The minimum atomic E-state index is -4.50. The second-order valence-electron chi connectivity index (χ2n) is 7.32. The predicted molar refractivity (Wildman–Crippen MR) is 123 cm³/mol. The number of nitrogens with one attached hydrogen (secondary N) is 3. The molecule has 2 aromatic carbocycles. The van der Waals surface area contributed by atoms with Crippen molar-refractivity contribution < 1.29 is 32.8 Å². The largest absolute Gasteiger partial charge is 0.416 e. The van der Waals surface area contributed by atoms with E-state index >= 15 is 0 Å². The highest BCUT2D eigenvalue weighted by Crippen LogP contribution is 2.29. The van der Waals surface area contributed by atoms with Gasteiger partial charge in [0.1, 0.15) is 6.04 Å². The molecule has 0 unspecified atom stereocenters. The summed E-state index contributed by atoms with van der Waals surface area (Å²) in [7, 11) is 0. The van der Waals surface area contributed by atoms with E-state index in [2.05, 4.69) is 31.5 Å². The molecule has 3 amide bonds. The Bertz CT molecular complexity index is 1220. The maximum atomic E-state index is 13.0. The van der Waals surface area contributed by atoms with Gasteiger partial charge in [-0.2, -0.15) is 13.2 Å². The fourth-order valence-corrected chi connectivity index (χ4v) is 3.42. The number of hydrogen-bond acceptors (Lipinski definition) is 5. The molecule has 12 heteroatoms. The Hall–Kier alpha value is -3.77. The molecule has 0 spiro atoms. The van der Waals surface area contributed by atoms with Crippen LogP contribution in [0.5, 0.6) is 0 Å². The Morgan fingerprint density at radius 1 is 0.943 bits per heavy atom. The average molecular weight is 551 g/mol. The van der Waals surface area contributed by atoms with E-state index in [-0.39, 0.29) is 17.5 Å². The lowest BCUT2D eigenvalue weighted by Crippen LogP contribution is -2.45. The number of amides is 3. The standard InChI is InChI=1S/C23H18BrF3N4O4/c24-17-10-15(11-28-12-17)20(32)30-19(9-13-1-5-16(6-2-13)23(25,26)27)22(34)29-18-7-3-14(4-8-18)21(33)31-35/h1-8,10-12,19,35H,9H2,(H,29,34)(H,30,32)(H,31,33)/t19-/m0/s1. The number of rotatable bonds is 7. The molecule has 35 heavy (non-hydrogen) atoms. The zero-order chi connectivity index (χ0) is 25.6. The average Bonchev–Trinajstić information content (AvgIpc) is 2.83. The summed E-state index contributed by atoms with van der Waals surface area (Å²) in [5, 5.41) is 13.9. The lowest BCUT2D eigenvalue weighted by molar-refractivity contribution is -0.137. The summed E-state index contributed by atoms with van der Waals surface area (Å²) >= 11 is 3.21. The summed E-state index contributed by atoms with van der Waals surface area (Å²) in [6.07, 6.45) is -1.82. The summed E-state index contributed by atoms with van der Waals surface area (Å²) in [4.78, 5) is 41.1. The molecule has 0 fully saturated rings. The lowest BCUT2D eigenvalue weighted by Gasteiger charge is -2.19. The minimum Gasteiger partial charge on any atom is -0.340 e. The first kappa shape index (κ1) is 25.8. The quantitative estimate of drug-likeness (QED) is 0.262. The number of hydrogen-bond donors (Lipinski definition) is 4. The highest BCUT2D eigenvalue weighted by molar-refractivity contribution is 9.10. The van der Waals surface area contributed by atoms with Gasteiger partial charge in [0.2, 0.25) is 5.91 Å². The maximum absolute atomic E-state index is 13.0. The first-order valence-corrected chi connectivity index (χ1v) is 10.8. The molecule has 0 saturated heterocycles. The highest BCUT2D eigenvalue weighted by Gasteiger charge is 2.30. The molecule has 1 heterocycles. The SMILES string of the molecule is O=C(NO)c1ccc(NC(=O)[C@H](Cc2ccc(C(F)(F)F)cc2)NC(=O)c2cncc(Br)c2)cc1. The Morgan fingerprint density at radius 2 is 1.60 bits per heavy atom. The van der Waals surface area contributed by atoms with E-state index in [1.165, 1.54) is 60.3 Å². The first-order chi connectivity index (χ1) is 16.6. The van der Waals surface area contributed by atoms with Crippen LogP contribution in [0.4, 0.5) is 18.9 Å². The van der Waals surface area contributed by atoms with E-state index in [0.29, 0.717) is 15.7 Å². The van der Waals surface area contributed by atoms with E-state index in [4.69, 9.17) is 5.21 Å². The van der Waals surface area contributed by atoms with Crippen molar-refractivity contribution in [3.05, 3.63) is 93.7 Å². The monoisotopic (exact) mass is 550 g/mol. The summed E-state index contributed by atoms with van der Waals surface area (Å²) in [6, 6.07) is 10.2. The van der Waals surface area contributed by atoms with Gasteiger partial charge in [-0.1, -0.05) is 12.1 Å². The third-order valence-electron chi connectivity index (χ3n) is 4.83. The molecule has 0 radical (unpaired) electrons. The zero-order valence-corrected chi connectivity index (χ0v) is 19.4. The fourth-order valence-electron chi connectivity index (χ4n) is 3.05. The normalized spacial score (nSPS) is 11.9. The highest BCUT2D eigenvalue weighted by atomic mass is 79.9. The molecule has 0 aliphatic carbocycles. The van der Waals surface area contributed by atoms with Crippen LogP contribution in [0.1, 0.15) is 31.8 Å². The molecule has 182 valence electrons. The molecule has 0 aliphatic rings. The van der Waals surface area contributed by atoms with E-state index in [9.17, 15) is 27.6 Å². The Labute approximate surface area is 205 Å². The smallest absolute Gasteiger partial charge is 0.340 e. The number of benzene rings is 2. The number of halogens is 4. The van der Waals surface area contributed by atoms with Crippen molar-refractivity contribution in [3.8, 4) is 0 Å². The van der Waals surface area contributed by atoms with Crippen molar-refractivity contribution in [2.45, 2.75) is 18.6 Å². The van der Waals surface area contributed by atoms with Gasteiger partial charge in [0.25, 0.3) is 11.8 Å². The van der Waals surface area contributed by atoms with Crippen molar-refractivity contribution in [2.24, 2.45) is 0 Å². The zero-order valence-electron chi connectivity index (χ0n) is 17.8. The van der Waals surface area contributed by atoms with Gasteiger partial charge in [-0.3, -0.25) is 24.6 Å². The van der Waals surface area contributed by atoms with Crippen LogP contribution in [0.3, 0.4) is 0 Å². The van der Waals surface area contributed by atoms with Crippen molar-refractivity contribution in [3.63, 3.8) is 0 Å². The molecule has 8 nitrogen and oxygen atoms in total. The molecule has 1 atom stereocenters. The summed E-state index contributed by atoms with van der Waals surface area (Å²) < 4.78 is 39.2. The van der Waals surface area contributed by atoms with Gasteiger partial charge in [0.15, 0.2) is 0 Å². The second kappa shape index (κ2) is 11.1. The molecule has 0 bridgehead atoms. The van der Waals surface area contributed by atoms with E-state index < -0.39 is 35.5 Å². The van der Waals surface area contributed by atoms with Crippen LogP contribution in [0.2, 0.25) is 0 Å². The van der Waals surface area contributed by atoms with E-state index in [1.54, 1.807) is 0 Å². The van der Waals surface area contributed by atoms with Gasteiger partial charge in [-0.25, -0.2) is 5.48 Å². The fraction of sp³-hybridized carbons (Fsp3) is 0.130. The summed E-state index contributed by atoms with van der Waals surface area (Å²) in [5.74, 6) is -1.99. The number of carbonyl (C=O) groups is 3. The Morgan fingerprint density at radius 3 is 2.17 bits per heavy atom. The van der Waals surface area contributed by atoms with Crippen LogP contribution in [-0.2, 0) is 17.4 Å². The lowest BCUT2D eigenvalue weighted by atomic mass is 10.0. The summed E-state index contributed by atoms with van der Waals surface area (Å²) in [6.45, 7) is 0. The van der Waals surface area contributed by atoms with Crippen molar-refractivity contribution in [1.29, 1.82) is 0 Å². The number of anilines is 1. The molecule has 3 rings (SSSR count). The predicted octanol–water partition coefficient (Wildman–Crippen LogP) is 3.96. The van der Waals surface area contributed by atoms with Gasteiger partial charge in [0, 0.05) is 34.5 Å². The molecule has 3 aromatic rings. The number of pyridine rings is 1. The number of aromatic nitrogens is 1. The van der Waals surface area contributed by atoms with Crippen molar-refractivity contribution in [2.75, 3.05) is 5.32 Å². The van der Waals surface area contributed by atoms with Gasteiger partial charge in [-0.15, -0.1) is 0 Å². The van der Waals surface area contributed by atoms with Gasteiger partial charge >= 0.3 is 6.18 Å². The van der Waals surface area contributed by atoms with Gasteiger partial charge in [-0.05, 0) is 64.0 Å². The molecular weight excluding hydrogens is 533 g/mol. The van der Waals surface area contributed by atoms with E-state index in [1.807, 2.05) is 0 Å². The van der Waals surface area contributed by atoms with Crippen LogP contribution in [-0.4, -0.2) is 34.0 Å². The maximum Gasteiger partial charge on any atom is 0.416 e. The molecule has 0 aliphatic heterocycles. The number of nitrogens with zero attached hydrogens (tertiary/aromatic N) is 1. The van der Waals surface area contributed by atoms with Crippen LogP contribution < -0.4 is 16.1 Å². The third kappa shape index (κ3) is 7.11. The molecular formula is C23H18BrF3N4O4. The van der Waals surface area contributed by atoms with Crippen molar-refractivity contribution >= 4 is 39.3 Å². The number of alkyl halides is 3. The Kier molecular flexibility index (Phi) is 8.20. The van der Waals surface area contributed by atoms with Gasteiger partial charge < -0.3 is 10.6 Å². The number of hydroxylamine groups is 1. The topological polar surface area (TPSA) is 120 Å². The third-order valence-corrected chi connectivity index (χ3v) is 5.26. The molecule has 0 saturated carbocycles. The Balaban J connectivity index is 1.81. The minimum absolute atomic E-state index is 0.0951. The van der Waals surface area contributed by atoms with Gasteiger partial charge in [0.05, 0.1) is 11.1 Å². The second-order valence-corrected chi connectivity index (χ2v) is 8.24.